The number of halogens is 3. The van der Waals surface area contributed by atoms with Crippen LogP contribution in [0.15, 0.2) is 77.8 Å². The number of nitrogens with zero attached hydrogens (tertiary/aromatic N) is 2. The Labute approximate surface area is 202 Å². The molecule has 3 aromatic rings. The van der Waals surface area contributed by atoms with Gasteiger partial charge < -0.3 is 14.4 Å². The number of benzene rings is 3. The molecule has 0 bridgehead atoms. The molecule has 0 atom stereocenters. The van der Waals surface area contributed by atoms with E-state index < -0.39 is 11.7 Å². The molecule has 0 saturated carbocycles. The Morgan fingerprint density at radius 2 is 1.32 bits per heavy atom. The largest absolute Gasteiger partial charge is 0.497 e. The molecule has 0 aliphatic rings. The zero-order valence-corrected chi connectivity index (χ0v) is 20.1. The van der Waals surface area contributed by atoms with E-state index in [9.17, 15) is 13.2 Å². The minimum atomic E-state index is -4.49. The predicted octanol–water partition coefficient (Wildman–Crippen LogP) is 7.17. The molecule has 180 valence electrons. The van der Waals surface area contributed by atoms with Crippen LogP contribution in [-0.4, -0.2) is 30.0 Å². The predicted molar refractivity (Wildman–Crippen MR) is 132 cm³/mol. The van der Waals surface area contributed by atoms with Crippen LogP contribution in [0.3, 0.4) is 0 Å². The van der Waals surface area contributed by atoms with Gasteiger partial charge in [-0.15, -0.1) is 0 Å². The molecular weight excluding hydrogens is 461 g/mol. The van der Waals surface area contributed by atoms with Crippen LogP contribution < -0.4 is 9.47 Å². The highest BCUT2D eigenvalue weighted by Crippen LogP contribution is 2.37. The van der Waals surface area contributed by atoms with Gasteiger partial charge in [-0.3, -0.25) is 0 Å². The summed E-state index contributed by atoms with van der Waals surface area (Å²) in [7, 11) is 3.21. The molecule has 0 aliphatic carbocycles. The third-order valence-electron chi connectivity index (χ3n) is 5.03. The molecule has 8 heteroatoms. The van der Waals surface area contributed by atoms with E-state index in [1.54, 1.807) is 20.3 Å². The van der Waals surface area contributed by atoms with Gasteiger partial charge in [0.25, 0.3) is 0 Å². The number of amidine groups is 1. The number of para-hydroxylation sites is 1. The highest BCUT2D eigenvalue weighted by Gasteiger charge is 2.33. The molecule has 0 spiro atoms. The van der Waals surface area contributed by atoms with Gasteiger partial charge in [-0.2, -0.15) is 13.2 Å². The smallest absolute Gasteiger partial charge is 0.418 e. The summed E-state index contributed by atoms with van der Waals surface area (Å²) in [5.74, 6) is 2.14. The summed E-state index contributed by atoms with van der Waals surface area (Å²) in [4.78, 5) is 6.50. The van der Waals surface area contributed by atoms with Gasteiger partial charge in [0.15, 0.2) is 5.17 Å². The zero-order valence-electron chi connectivity index (χ0n) is 19.3. The average molecular weight is 489 g/mol. The maximum absolute atomic E-state index is 13.6. The lowest BCUT2D eigenvalue weighted by Gasteiger charge is -2.26. The molecule has 3 rings (SSSR count). The van der Waals surface area contributed by atoms with Crippen molar-refractivity contribution in [1.29, 1.82) is 0 Å². The van der Waals surface area contributed by atoms with E-state index in [2.05, 4.69) is 4.99 Å². The van der Waals surface area contributed by atoms with Crippen molar-refractivity contribution in [3.63, 3.8) is 0 Å². The molecule has 0 N–H and O–H groups in total. The topological polar surface area (TPSA) is 34.1 Å². The summed E-state index contributed by atoms with van der Waals surface area (Å²) in [6.45, 7) is 2.89. The van der Waals surface area contributed by atoms with Gasteiger partial charge in [-0.05, 0) is 53.3 Å². The van der Waals surface area contributed by atoms with Crippen molar-refractivity contribution < 1.29 is 22.6 Å². The number of hydrogen-bond donors (Lipinski definition) is 0. The Bertz CT molecular complexity index is 1030. The molecule has 0 heterocycles. The fourth-order valence-corrected chi connectivity index (χ4v) is 4.06. The Morgan fingerprint density at radius 1 is 0.824 bits per heavy atom. The van der Waals surface area contributed by atoms with E-state index in [-0.39, 0.29) is 5.69 Å². The second-order valence-corrected chi connectivity index (χ2v) is 8.63. The molecule has 0 aromatic heterocycles. The van der Waals surface area contributed by atoms with E-state index in [1.165, 1.54) is 23.9 Å². The fourth-order valence-electron chi connectivity index (χ4n) is 3.33. The van der Waals surface area contributed by atoms with E-state index in [0.717, 1.165) is 28.7 Å². The van der Waals surface area contributed by atoms with Crippen molar-refractivity contribution in [2.24, 2.45) is 4.99 Å². The standard InChI is InChI=1S/C26H27F3N2O2S/c1-4-34-25(30-24-8-6-5-7-23(24)26(27,28)29)31(17-19-9-13-21(32-2)14-10-19)18-20-11-15-22(33-3)16-12-20/h5-16H,4,17-18H2,1-3H3. The van der Waals surface area contributed by atoms with Crippen LogP contribution in [0.1, 0.15) is 23.6 Å². The third kappa shape index (κ3) is 6.93. The molecule has 34 heavy (non-hydrogen) atoms. The number of rotatable bonds is 8. The van der Waals surface area contributed by atoms with Crippen LogP contribution in [0, 0.1) is 0 Å². The molecular formula is C26H27F3N2O2S. The van der Waals surface area contributed by atoms with Crippen LogP contribution in [0.25, 0.3) is 0 Å². The summed E-state index contributed by atoms with van der Waals surface area (Å²) in [5.41, 5.74) is 1.13. The van der Waals surface area contributed by atoms with E-state index >= 15 is 0 Å². The number of aliphatic imine (C=N–C) groups is 1. The van der Waals surface area contributed by atoms with Crippen molar-refractivity contribution in [1.82, 2.24) is 4.90 Å². The maximum Gasteiger partial charge on any atom is 0.418 e. The SMILES string of the molecule is CCSC(=Nc1ccccc1C(F)(F)F)N(Cc1ccc(OC)cc1)Cc1ccc(OC)cc1. The van der Waals surface area contributed by atoms with Crippen LogP contribution in [0.5, 0.6) is 11.5 Å². The van der Waals surface area contributed by atoms with Crippen molar-refractivity contribution >= 4 is 22.6 Å². The normalized spacial score (nSPS) is 11.9. The van der Waals surface area contributed by atoms with Crippen LogP contribution in [-0.2, 0) is 19.3 Å². The second kappa shape index (κ2) is 11.8. The molecule has 0 saturated heterocycles. The number of hydrogen-bond acceptors (Lipinski definition) is 4. The maximum atomic E-state index is 13.6. The molecule has 3 aromatic carbocycles. The number of alkyl halides is 3. The lowest BCUT2D eigenvalue weighted by Crippen LogP contribution is -2.28. The Kier molecular flexibility index (Phi) is 8.87. The van der Waals surface area contributed by atoms with Gasteiger partial charge in [0, 0.05) is 13.1 Å². The first kappa shape index (κ1) is 25.5. The molecule has 0 unspecified atom stereocenters. The van der Waals surface area contributed by atoms with Crippen molar-refractivity contribution in [2.45, 2.75) is 26.2 Å². The molecule has 4 nitrogen and oxygen atoms in total. The van der Waals surface area contributed by atoms with Crippen molar-refractivity contribution in [3.05, 3.63) is 89.5 Å². The Hall–Kier alpha value is -3.13. The van der Waals surface area contributed by atoms with Gasteiger partial charge >= 0.3 is 6.18 Å². The van der Waals surface area contributed by atoms with Crippen LogP contribution in [0.4, 0.5) is 18.9 Å². The highest BCUT2D eigenvalue weighted by atomic mass is 32.2. The Balaban J connectivity index is 2.01. The van der Waals surface area contributed by atoms with Gasteiger partial charge in [0.1, 0.15) is 11.5 Å². The fraction of sp³-hybridized carbons (Fsp3) is 0.269. The monoisotopic (exact) mass is 488 g/mol. The first-order chi connectivity index (χ1) is 16.3. The Morgan fingerprint density at radius 3 is 1.76 bits per heavy atom. The minimum Gasteiger partial charge on any atom is -0.497 e. The lowest BCUT2D eigenvalue weighted by atomic mass is 10.1. The summed E-state index contributed by atoms with van der Waals surface area (Å²) in [6, 6.07) is 20.6. The number of thioether (sulfide) groups is 1. The summed E-state index contributed by atoms with van der Waals surface area (Å²) < 4.78 is 51.3. The first-order valence-corrected chi connectivity index (χ1v) is 11.7. The summed E-state index contributed by atoms with van der Waals surface area (Å²) in [6.07, 6.45) is -4.49. The summed E-state index contributed by atoms with van der Waals surface area (Å²) >= 11 is 1.41. The number of methoxy groups -OCH3 is 2. The van der Waals surface area contributed by atoms with Crippen LogP contribution >= 0.6 is 11.8 Å². The molecule has 0 fully saturated rings. The second-order valence-electron chi connectivity index (χ2n) is 7.39. The van der Waals surface area contributed by atoms with Gasteiger partial charge in [-0.1, -0.05) is 55.1 Å². The summed E-state index contributed by atoms with van der Waals surface area (Å²) in [5, 5.41) is 0.519. The minimum absolute atomic E-state index is 0.0968. The lowest BCUT2D eigenvalue weighted by molar-refractivity contribution is -0.137. The van der Waals surface area contributed by atoms with Crippen molar-refractivity contribution in [3.8, 4) is 11.5 Å². The zero-order chi connectivity index (χ0) is 24.6. The first-order valence-electron chi connectivity index (χ1n) is 10.7. The van der Waals surface area contributed by atoms with E-state index in [1.807, 2.05) is 60.4 Å². The average Bonchev–Trinajstić information content (AvgIpc) is 2.84. The molecule has 0 aliphatic heterocycles. The quantitative estimate of drug-likeness (QED) is 0.249. The van der Waals surface area contributed by atoms with E-state index in [0.29, 0.717) is 24.0 Å². The third-order valence-corrected chi connectivity index (χ3v) is 5.93. The van der Waals surface area contributed by atoms with Crippen molar-refractivity contribution in [2.75, 3.05) is 20.0 Å². The van der Waals surface area contributed by atoms with E-state index in [4.69, 9.17) is 9.47 Å². The van der Waals surface area contributed by atoms with Crippen LogP contribution in [0.2, 0.25) is 0 Å². The van der Waals surface area contributed by atoms with Gasteiger partial charge in [0.05, 0.1) is 25.5 Å². The van der Waals surface area contributed by atoms with Gasteiger partial charge in [0.2, 0.25) is 0 Å². The molecule has 0 radical (unpaired) electrons. The van der Waals surface area contributed by atoms with Gasteiger partial charge in [-0.25, -0.2) is 4.99 Å². The number of ether oxygens (including phenoxy) is 2. The molecule has 0 amide bonds. The highest BCUT2D eigenvalue weighted by molar-refractivity contribution is 8.13.